The molecule has 0 spiro atoms. The number of nitrogens with one attached hydrogen (secondary N) is 1. The number of anilines is 1. The maximum absolute atomic E-state index is 6.60. The lowest BCUT2D eigenvalue weighted by molar-refractivity contribution is 0.226. The van der Waals surface area contributed by atoms with Crippen LogP contribution in [0, 0.1) is 0 Å². The first-order chi connectivity index (χ1) is 15.8. The number of rotatable bonds is 4. The van der Waals surface area contributed by atoms with Gasteiger partial charge in [-0.3, -0.25) is 0 Å². The largest absolute Gasteiger partial charge is 0.497 e. The highest BCUT2D eigenvalue weighted by Gasteiger charge is 2.42. The van der Waals surface area contributed by atoms with Crippen LogP contribution in [0.3, 0.4) is 0 Å². The third-order valence-electron chi connectivity index (χ3n) is 5.85. The summed E-state index contributed by atoms with van der Waals surface area (Å²) in [6.07, 6.45) is 1.28. The van der Waals surface area contributed by atoms with Crippen molar-refractivity contribution < 1.29 is 14.2 Å². The highest BCUT2D eigenvalue weighted by atomic mass is 32.1. The second-order valence-corrected chi connectivity index (χ2v) is 8.48. The molecule has 32 heavy (non-hydrogen) atoms. The molecule has 2 aromatic heterocycles. The molecular formula is C24H20N4O3S. The number of ether oxygens (including phenoxy) is 3. The summed E-state index contributed by atoms with van der Waals surface area (Å²) >= 11 is 1.67. The van der Waals surface area contributed by atoms with Crippen LogP contribution in [0.5, 0.6) is 17.2 Å². The summed E-state index contributed by atoms with van der Waals surface area (Å²) in [7, 11) is 3.33. The van der Waals surface area contributed by atoms with Gasteiger partial charge in [0.25, 0.3) is 0 Å². The normalized spacial score (nSPS) is 18.7. The lowest BCUT2D eigenvalue weighted by atomic mass is 9.86. The van der Waals surface area contributed by atoms with Crippen LogP contribution in [-0.4, -0.2) is 29.0 Å². The van der Waals surface area contributed by atoms with E-state index in [1.165, 1.54) is 0 Å². The van der Waals surface area contributed by atoms with E-state index in [9.17, 15) is 0 Å². The number of nitrogens with zero attached hydrogens (tertiary/aromatic N) is 3. The van der Waals surface area contributed by atoms with Gasteiger partial charge in [-0.15, -0.1) is 11.3 Å². The van der Waals surface area contributed by atoms with Crippen LogP contribution in [0.2, 0.25) is 0 Å². The minimum atomic E-state index is -0.297. The summed E-state index contributed by atoms with van der Waals surface area (Å²) in [4.78, 5) is 5.59. The number of thiophene rings is 1. The Morgan fingerprint density at radius 3 is 2.78 bits per heavy atom. The molecule has 2 aromatic carbocycles. The van der Waals surface area contributed by atoms with E-state index in [4.69, 9.17) is 14.2 Å². The third kappa shape index (κ3) is 2.80. The number of para-hydroxylation sites is 1. The zero-order chi connectivity index (χ0) is 21.7. The molecule has 2 atom stereocenters. The van der Waals surface area contributed by atoms with Crippen LogP contribution < -0.4 is 19.5 Å². The first-order valence-electron chi connectivity index (χ1n) is 10.2. The fourth-order valence-electron chi connectivity index (χ4n) is 4.45. The molecule has 1 N–H and O–H groups in total. The zero-order valence-corrected chi connectivity index (χ0v) is 18.3. The molecule has 6 rings (SSSR count). The molecule has 0 saturated heterocycles. The maximum atomic E-state index is 6.60. The molecule has 2 aliphatic rings. The third-order valence-corrected chi connectivity index (χ3v) is 6.77. The molecule has 4 heterocycles. The summed E-state index contributed by atoms with van der Waals surface area (Å²) in [6.45, 7) is 0. The van der Waals surface area contributed by atoms with Crippen molar-refractivity contribution in [3.05, 3.63) is 87.9 Å². The van der Waals surface area contributed by atoms with Crippen molar-refractivity contribution in [2.24, 2.45) is 0 Å². The van der Waals surface area contributed by atoms with E-state index in [0.717, 1.165) is 44.5 Å². The summed E-state index contributed by atoms with van der Waals surface area (Å²) in [5.74, 6) is 2.99. The van der Waals surface area contributed by atoms with Crippen LogP contribution >= 0.6 is 11.3 Å². The van der Waals surface area contributed by atoms with Crippen molar-refractivity contribution in [2.75, 3.05) is 19.5 Å². The molecule has 160 valence electrons. The van der Waals surface area contributed by atoms with E-state index >= 15 is 0 Å². The van der Waals surface area contributed by atoms with Crippen LogP contribution in [-0.2, 0) is 0 Å². The first-order valence-corrected chi connectivity index (χ1v) is 11.1. The minimum Gasteiger partial charge on any atom is -0.497 e. The smallest absolute Gasteiger partial charge is 0.226 e. The van der Waals surface area contributed by atoms with E-state index in [1.807, 2.05) is 47.1 Å². The van der Waals surface area contributed by atoms with Crippen molar-refractivity contribution in [3.8, 4) is 17.2 Å². The Balaban J connectivity index is 1.66. The quantitative estimate of drug-likeness (QED) is 0.482. The van der Waals surface area contributed by atoms with Gasteiger partial charge in [0.1, 0.15) is 29.6 Å². The van der Waals surface area contributed by atoms with Crippen LogP contribution in [0.25, 0.3) is 5.70 Å². The summed E-state index contributed by atoms with van der Waals surface area (Å²) in [5.41, 5.74) is 3.96. The summed E-state index contributed by atoms with van der Waals surface area (Å²) in [6, 6.07) is 17.7. The Morgan fingerprint density at radius 1 is 1.06 bits per heavy atom. The molecule has 2 aliphatic heterocycles. The fourth-order valence-corrected chi connectivity index (χ4v) is 5.22. The first kappa shape index (κ1) is 18.9. The number of hydrogen-bond acceptors (Lipinski definition) is 7. The van der Waals surface area contributed by atoms with Crippen molar-refractivity contribution in [2.45, 2.75) is 12.1 Å². The van der Waals surface area contributed by atoms with Crippen molar-refractivity contribution in [3.63, 3.8) is 0 Å². The van der Waals surface area contributed by atoms with Gasteiger partial charge in [0, 0.05) is 21.6 Å². The summed E-state index contributed by atoms with van der Waals surface area (Å²) < 4.78 is 19.8. The van der Waals surface area contributed by atoms with E-state index in [2.05, 4.69) is 32.9 Å². The Labute approximate surface area is 188 Å². The number of methoxy groups -OCH3 is 2. The molecule has 8 heteroatoms. The molecule has 0 saturated carbocycles. The van der Waals surface area contributed by atoms with Gasteiger partial charge >= 0.3 is 0 Å². The highest BCUT2D eigenvalue weighted by Crippen LogP contribution is 2.52. The molecule has 0 amide bonds. The van der Waals surface area contributed by atoms with Crippen molar-refractivity contribution in [1.29, 1.82) is 0 Å². The minimum absolute atomic E-state index is 0.286. The van der Waals surface area contributed by atoms with Gasteiger partial charge < -0.3 is 19.5 Å². The SMILES string of the molecule is COc1ccc(OC)c(C2C3=C(Nc4ncnn42)c2ccccc2OC3c2cccs2)c1. The summed E-state index contributed by atoms with van der Waals surface area (Å²) in [5, 5.41) is 10.2. The van der Waals surface area contributed by atoms with E-state index in [0.29, 0.717) is 5.95 Å². The van der Waals surface area contributed by atoms with Crippen molar-refractivity contribution in [1.82, 2.24) is 14.8 Å². The predicted molar refractivity (Wildman–Crippen MR) is 122 cm³/mol. The average Bonchev–Trinajstić information content (AvgIpc) is 3.54. The zero-order valence-electron chi connectivity index (χ0n) is 17.5. The van der Waals surface area contributed by atoms with E-state index < -0.39 is 0 Å². The highest BCUT2D eigenvalue weighted by molar-refractivity contribution is 7.10. The Bertz CT molecular complexity index is 1330. The molecule has 7 nitrogen and oxygen atoms in total. The van der Waals surface area contributed by atoms with Crippen LogP contribution in [0.15, 0.2) is 71.9 Å². The second kappa shape index (κ2) is 7.42. The molecule has 0 bridgehead atoms. The van der Waals surface area contributed by atoms with Crippen LogP contribution in [0.4, 0.5) is 5.95 Å². The average molecular weight is 445 g/mol. The molecule has 2 unspecified atom stereocenters. The van der Waals surface area contributed by atoms with Gasteiger partial charge in [-0.2, -0.15) is 10.1 Å². The van der Waals surface area contributed by atoms with Gasteiger partial charge in [0.2, 0.25) is 5.95 Å². The standard InChI is InChI=1S/C24H20N4O3S/c1-29-14-9-10-17(30-2)16(12-14)22-20-21(27-24-25-13-26-28(22)24)15-6-3-4-7-18(15)31-23(20)19-8-5-11-32-19/h3-13,22-23H,1-2H3,(H,25,26,27). The monoisotopic (exact) mass is 444 g/mol. The topological polar surface area (TPSA) is 70.4 Å². The molecule has 4 aromatic rings. The Hall–Kier alpha value is -3.78. The van der Waals surface area contributed by atoms with Gasteiger partial charge in [0.05, 0.1) is 19.9 Å². The fraction of sp³-hybridized carbons (Fsp3) is 0.167. The van der Waals surface area contributed by atoms with Gasteiger partial charge in [-0.1, -0.05) is 18.2 Å². The second-order valence-electron chi connectivity index (χ2n) is 7.50. The van der Waals surface area contributed by atoms with Gasteiger partial charge in [0.15, 0.2) is 6.10 Å². The van der Waals surface area contributed by atoms with Gasteiger partial charge in [-0.05, 0) is 41.8 Å². The van der Waals surface area contributed by atoms with E-state index in [-0.39, 0.29) is 12.1 Å². The van der Waals surface area contributed by atoms with Crippen LogP contribution in [0.1, 0.15) is 28.1 Å². The molecule has 0 radical (unpaired) electrons. The number of benzene rings is 2. The molecular weight excluding hydrogens is 424 g/mol. The van der Waals surface area contributed by atoms with Crippen molar-refractivity contribution >= 4 is 23.0 Å². The lowest BCUT2D eigenvalue weighted by Gasteiger charge is -2.38. The Morgan fingerprint density at radius 2 is 1.97 bits per heavy atom. The number of hydrogen-bond donors (Lipinski definition) is 1. The Kier molecular flexibility index (Phi) is 4.39. The number of fused-ring (bicyclic) bond motifs is 3. The van der Waals surface area contributed by atoms with E-state index in [1.54, 1.807) is 31.9 Å². The molecule has 0 aliphatic carbocycles. The van der Waals surface area contributed by atoms with Gasteiger partial charge in [-0.25, -0.2) is 4.68 Å². The number of aromatic nitrogens is 3. The maximum Gasteiger partial charge on any atom is 0.226 e. The predicted octanol–water partition coefficient (Wildman–Crippen LogP) is 4.92. The molecule has 0 fully saturated rings. The lowest BCUT2D eigenvalue weighted by Crippen LogP contribution is -2.32.